The summed E-state index contributed by atoms with van der Waals surface area (Å²) in [5.74, 6) is 2.25. The van der Waals surface area contributed by atoms with E-state index in [0.29, 0.717) is 5.92 Å². The van der Waals surface area contributed by atoms with Gasteiger partial charge in [-0.2, -0.15) is 0 Å². The molecule has 1 unspecified atom stereocenters. The number of hydrogen-bond acceptors (Lipinski definition) is 3. The Balaban J connectivity index is 0.909. The second-order valence-corrected chi connectivity index (χ2v) is 23.0. The van der Waals surface area contributed by atoms with E-state index in [2.05, 4.69) is 283 Å². The minimum Gasteiger partial charge on any atom is -0.457 e. The van der Waals surface area contributed by atoms with Crippen LogP contribution in [-0.2, 0) is 17.3 Å². The lowest BCUT2D eigenvalue weighted by Gasteiger charge is -2.40. The maximum absolute atomic E-state index is 6.79. The number of aromatic nitrogens is 1. The number of fused-ring (bicyclic) bond motifs is 21. The number of benzene rings is 11. The van der Waals surface area contributed by atoms with E-state index < -0.39 is 10.8 Å². The summed E-state index contributed by atoms with van der Waals surface area (Å²) in [4.78, 5) is 5.14. The highest BCUT2D eigenvalue weighted by atomic mass is 32.2. The first-order valence-corrected chi connectivity index (χ1v) is 28.4. The topological polar surface area (TPSA) is 17.4 Å². The fourth-order valence-corrected chi connectivity index (χ4v) is 15.9. The molecule has 3 aliphatic carbocycles. The molecular formula is C75H50N2OS. The normalized spacial score (nSPS) is 15.7. The van der Waals surface area contributed by atoms with Crippen molar-refractivity contribution in [3.63, 3.8) is 0 Å². The van der Waals surface area contributed by atoms with E-state index in [-0.39, 0.29) is 0 Å². The molecule has 0 fully saturated rings. The minimum atomic E-state index is -0.622. The van der Waals surface area contributed by atoms with Crippen LogP contribution in [0.15, 0.2) is 271 Å². The van der Waals surface area contributed by atoms with Crippen LogP contribution in [0, 0.1) is 5.92 Å². The van der Waals surface area contributed by atoms with Gasteiger partial charge in [-0.05, 0) is 146 Å². The minimum absolute atomic E-state index is 0.474. The summed E-state index contributed by atoms with van der Waals surface area (Å²) in [6.07, 6.45) is 5.71. The molecule has 3 nitrogen and oxygen atoms in total. The first kappa shape index (κ1) is 44.7. The zero-order valence-electron chi connectivity index (χ0n) is 43.4. The summed E-state index contributed by atoms with van der Waals surface area (Å²) >= 11 is 1.89. The molecule has 4 heteroatoms. The molecule has 3 heterocycles. The molecule has 372 valence electrons. The quantitative estimate of drug-likeness (QED) is 0.171. The molecule has 11 aromatic carbocycles. The second-order valence-electron chi connectivity index (χ2n) is 21.9. The van der Waals surface area contributed by atoms with Gasteiger partial charge in [0.25, 0.3) is 0 Å². The van der Waals surface area contributed by atoms with Gasteiger partial charge in [0.2, 0.25) is 0 Å². The summed E-state index contributed by atoms with van der Waals surface area (Å²) < 4.78 is 9.29. The van der Waals surface area contributed by atoms with E-state index in [0.717, 1.165) is 46.1 Å². The second kappa shape index (κ2) is 16.8. The predicted octanol–water partition coefficient (Wildman–Crippen LogP) is 19.3. The standard InChI is InChI=1S/C75H50N2OS/c1-47-34-41-55-56-42-37-49(45-68(56)77(67(55)44-47)50-18-3-2-4-19-50)48-35-38-51(39-36-48)76(52-40-43-54-53-20-5-7-22-58(53)75(65(54)46-52)62-26-11-15-32-71(62)79-72-33-16-12-27-63(72)75)66-29-17-28-64-73(66)57-21-6-8-23-59(57)74(64)60-24-9-13-30-69(60)78-70-31-14-10-25-61(70)74/h2-43,45-47H,44H2,1H3. The van der Waals surface area contributed by atoms with Gasteiger partial charge in [-0.15, -0.1) is 0 Å². The number of rotatable bonds is 5. The van der Waals surface area contributed by atoms with Gasteiger partial charge in [-0.1, -0.05) is 213 Å². The monoisotopic (exact) mass is 1030 g/mol. The van der Waals surface area contributed by atoms with Crippen molar-refractivity contribution in [1.82, 2.24) is 4.57 Å². The summed E-state index contributed by atoms with van der Waals surface area (Å²) in [6, 6.07) is 95.4. The van der Waals surface area contributed by atoms with E-state index in [4.69, 9.17) is 4.74 Å². The van der Waals surface area contributed by atoms with Crippen LogP contribution in [0.25, 0.3) is 56.0 Å². The van der Waals surface area contributed by atoms with Crippen LogP contribution in [0.1, 0.15) is 62.7 Å². The third kappa shape index (κ3) is 6.10. The van der Waals surface area contributed by atoms with Gasteiger partial charge in [-0.3, -0.25) is 0 Å². The zero-order chi connectivity index (χ0) is 52.0. The van der Waals surface area contributed by atoms with Crippen molar-refractivity contribution >= 4 is 45.8 Å². The number of hydrogen-bond donors (Lipinski definition) is 0. The summed E-state index contributed by atoms with van der Waals surface area (Å²) in [5, 5.41) is 1.29. The largest absolute Gasteiger partial charge is 0.457 e. The first-order chi connectivity index (χ1) is 39.1. The molecular weight excluding hydrogens is 977 g/mol. The highest BCUT2D eigenvalue weighted by Gasteiger charge is 2.53. The van der Waals surface area contributed by atoms with Gasteiger partial charge < -0.3 is 14.2 Å². The third-order valence-electron chi connectivity index (χ3n) is 17.9. The lowest BCUT2D eigenvalue weighted by atomic mass is 9.66. The highest BCUT2D eigenvalue weighted by Crippen LogP contribution is 2.66. The molecule has 12 aromatic rings. The molecule has 17 rings (SSSR count). The molecule has 0 saturated carbocycles. The van der Waals surface area contributed by atoms with Crippen molar-refractivity contribution in [2.45, 2.75) is 34.0 Å². The molecule has 79 heavy (non-hydrogen) atoms. The molecule has 1 aromatic heterocycles. The Morgan fingerprint density at radius 2 is 1.01 bits per heavy atom. The van der Waals surface area contributed by atoms with Crippen LogP contribution < -0.4 is 9.64 Å². The highest BCUT2D eigenvalue weighted by molar-refractivity contribution is 7.99. The van der Waals surface area contributed by atoms with Gasteiger partial charge in [-0.25, -0.2) is 0 Å². The van der Waals surface area contributed by atoms with E-state index in [1.54, 1.807) is 0 Å². The summed E-state index contributed by atoms with van der Waals surface area (Å²) in [6.45, 7) is 2.32. The molecule has 0 amide bonds. The van der Waals surface area contributed by atoms with Gasteiger partial charge >= 0.3 is 0 Å². The Morgan fingerprint density at radius 1 is 0.456 bits per heavy atom. The van der Waals surface area contributed by atoms with Crippen molar-refractivity contribution in [2.75, 3.05) is 4.90 Å². The van der Waals surface area contributed by atoms with Crippen LogP contribution in [0.2, 0.25) is 0 Å². The van der Waals surface area contributed by atoms with E-state index >= 15 is 0 Å². The molecule has 2 spiro atoms. The number of ether oxygens (including phenoxy) is 1. The van der Waals surface area contributed by atoms with Crippen LogP contribution in [0.5, 0.6) is 11.5 Å². The van der Waals surface area contributed by atoms with Gasteiger partial charge in [0, 0.05) is 60.2 Å². The SMILES string of the molecule is CC1C=Cc2c(n(-c3ccccc3)c3cc(-c4ccc(N(c5ccc6c(c5)C5(c7ccccc7Sc7ccccc75)c5ccccc5-6)c5cccc6c5-c5ccccc5C65c6ccccc6Oc6ccccc65)cc4)ccc23)C1. The van der Waals surface area contributed by atoms with Gasteiger partial charge in [0.1, 0.15) is 11.5 Å². The Labute approximate surface area is 464 Å². The number of anilines is 3. The fourth-order valence-electron chi connectivity index (χ4n) is 14.7. The van der Waals surface area contributed by atoms with Gasteiger partial charge in [0.15, 0.2) is 0 Å². The average Bonchev–Trinajstić information content (AvgIpc) is 4.33. The molecule has 1 atom stereocenters. The maximum atomic E-state index is 6.79. The van der Waals surface area contributed by atoms with Crippen molar-refractivity contribution in [2.24, 2.45) is 5.92 Å². The van der Waals surface area contributed by atoms with Gasteiger partial charge in [0.05, 0.1) is 22.0 Å². The fraction of sp³-hybridized carbons (Fsp3) is 0.0667. The number of allylic oxidation sites excluding steroid dienone is 1. The number of nitrogens with zero attached hydrogens (tertiary/aromatic N) is 2. The van der Waals surface area contributed by atoms with E-state index in [1.165, 1.54) is 104 Å². The molecule has 0 saturated heterocycles. The maximum Gasteiger partial charge on any atom is 0.132 e. The molecule has 0 N–H and O–H groups in total. The van der Waals surface area contributed by atoms with Crippen molar-refractivity contribution < 1.29 is 4.74 Å². The molecule has 2 aliphatic heterocycles. The smallest absolute Gasteiger partial charge is 0.132 e. The van der Waals surface area contributed by atoms with Crippen LogP contribution >= 0.6 is 11.8 Å². The third-order valence-corrected chi connectivity index (χ3v) is 19.0. The van der Waals surface area contributed by atoms with Crippen LogP contribution in [0.4, 0.5) is 17.1 Å². The molecule has 0 bridgehead atoms. The Hall–Kier alpha value is -9.35. The van der Waals surface area contributed by atoms with Crippen LogP contribution in [0.3, 0.4) is 0 Å². The average molecular weight is 1030 g/mol. The predicted molar refractivity (Wildman–Crippen MR) is 324 cm³/mol. The Morgan fingerprint density at radius 3 is 1.73 bits per heavy atom. The Bertz CT molecular complexity index is 4470. The van der Waals surface area contributed by atoms with E-state index in [9.17, 15) is 0 Å². The lowest BCUT2D eigenvalue weighted by Crippen LogP contribution is -2.32. The van der Waals surface area contributed by atoms with Crippen molar-refractivity contribution in [3.8, 4) is 50.6 Å². The van der Waals surface area contributed by atoms with Crippen LogP contribution in [-0.4, -0.2) is 4.57 Å². The first-order valence-electron chi connectivity index (χ1n) is 27.6. The van der Waals surface area contributed by atoms with Crippen molar-refractivity contribution in [3.05, 3.63) is 317 Å². The van der Waals surface area contributed by atoms with E-state index in [1.807, 2.05) is 11.8 Å². The molecule has 0 radical (unpaired) electrons. The number of para-hydroxylation sites is 3. The summed E-state index contributed by atoms with van der Waals surface area (Å²) in [7, 11) is 0. The molecule has 5 aliphatic rings. The lowest BCUT2D eigenvalue weighted by molar-refractivity contribution is 0.436. The van der Waals surface area contributed by atoms with Crippen molar-refractivity contribution in [1.29, 1.82) is 0 Å². The zero-order valence-corrected chi connectivity index (χ0v) is 44.2. The summed E-state index contributed by atoms with van der Waals surface area (Å²) in [5.41, 5.74) is 24.7. The Kier molecular flexibility index (Phi) is 9.53.